The summed E-state index contributed by atoms with van der Waals surface area (Å²) in [5, 5.41) is 10.4. The second-order valence-electron chi connectivity index (χ2n) is 8.39. The number of Topliss-reactive ketones (excluding diaryl/α,β-unsaturated/α-hetero) is 1. The van der Waals surface area contributed by atoms with E-state index in [1.54, 1.807) is 0 Å². The van der Waals surface area contributed by atoms with E-state index in [1.807, 2.05) is 41.5 Å². The molecule has 0 saturated carbocycles. The summed E-state index contributed by atoms with van der Waals surface area (Å²) < 4.78 is 0. The number of ketones is 1. The van der Waals surface area contributed by atoms with Gasteiger partial charge in [-0.15, -0.1) is 0 Å². The van der Waals surface area contributed by atoms with Crippen molar-refractivity contribution in [3.8, 4) is 0 Å². The fraction of sp³-hybridized carbons (Fsp3) is 0.812. The van der Waals surface area contributed by atoms with Crippen LogP contribution in [0.15, 0.2) is 11.3 Å². The van der Waals surface area contributed by atoms with Crippen LogP contribution >= 0.6 is 0 Å². The van der Waals surface area contributed by atoms with Crippen molar-refractivity contribution in [2.24, 2.45) is 16.2 Å². The van der Waals surface area contributed by atoms with E-state index in [1.165, 1.54) is 0 Å². The summed E-state index contributed by atoms with van der Waals surface area (Å²) >= 11 is 0. The molecule has 0 amide bonds. The number of aliphatic hydroxyl groups excluding tert-OH is 1. The number of carbonyl (C=O) groups is 1. The average molecular weight is 254 g/mol. The highest BCUT2D eigenvalue weighted by Gasteiger charge is 2.33. The van der Waals surface area contributed by atoms with Crippen LogP contribution in [-0.4, -0.2) is 10.9 Å². The number of rotatable bonds is 2. The Morgan fingerprint density at radius 2 is 1.22 bits per heavy atom. The molecule has 0 aromatic rings. The first kappa shape index (κ1) is 17.2. The van der Waals surface area contributed by atoms with Crippen molar-refractivity contribution >= 4 is 5.78 Å². The lowest BCUT2D eigenvalue weighted by molar-refractivity contribution is -0.123. The van der Waals surface area contributed by atoms with Gasteiger partial charge in [-0.25, -0.2) is 0 Å². The summed E-state index contributed by atoms with van der Waals surface area (Å²) in [5.41, 5.74) is -0.279. The summed E-state index contributed by atoms with van der Waals surface area (Å²) in [6.45, 7) is 17.7. The fourth-order valence-corrected chi connectivity index (χ4v) is 1.71. The zero-order chi connectivity index (χ0) is 14.9. The third-order valence-electron chi connectivity index (χ3n) is 2.66. The third kappa shape index (κ3) is 5.24. The Labute approximate surface area is 112 Å². The van der Waals surface area contributed by atoms with Gasteiger partial charge in [-0.1, -0.05) is 62.3 Å². The third-order valence-corrected chi connectivity index (χ3v) is 2.66. The van der Waals surface area contributed by atoms with Crippen molar-refractivity contribution < 1.29 is 9.90 Å². The van der Waals surface area contributed by atoms with Gasteiger partial charge in [0.2, 0.25) is 0 Å². The number of hydrogen-bond acceptors (Lipinski definition) is 2. The highest BCUT2D eigenvalue weighted by molar-refractivity contribution is 5.99. The Morgan fingerprint density at radius 1 is 0.833 bits per heavy atom. The van der Waals surface area contributed by atoms with Crippen LogP contribution in [0.3, 0.4) is 0 Å². The van der Waals surface area contributed by atoms with E-state index in [4.69, 9.17) is 0 Å². The van der Waals surface area contributed by atoms with E-state index >= 15 is 0 Å². The Kier molecular flexibility index (Phi) is 4.84. The maximum atomic E-state index is 12.5. The van der Waals surface area contributed by atoms with Gasteiger partial charge in [0.05, 0.1) is 0 Å². The first-order valence-electron chi connectivity index (χ1n) is 6.63. The molecule has 0 aliphatic heterocycles. The van der Waals surface area contributed by atoms with E-state index in [9.17, 15) is 9.90 Å². The predicted molar refractivity (Wildman–Crippen MR) is 77.6 cm³/mol. The number of hydrogen-bond donors (Lipinski definition) is 1. The van der Waals surface area contributed by atoms with Crippen LogP contribution in [0.5, 0.6) is 0 Å². The number of aliphatic hydroxyl groups is 1. The summed E-state index contributed by atoms with van der Waals surface area (Å²) in [7, 11) is 0. The molecule has 0 atom stereocenters. The maximum Gasteiger partial charge on any atom is 0.167 e. The molecule has 0 aromatic carbocycles. The van der Waals surface area contributed by atoms with E-state index in [0.717, 1.165) is 0 Å². The molecule has 0 aromatic heterocycles. The molecule has 0 radical (unpaired) electrons. The lowest BCUT2D eigenvalue weighted by Crippen LogP contribution is -2.28. The normalized spacial score (nSPS) is 15.4. The molecule has 0 saturated heterocycles. The molecule has 0 unspecified atom stereocenters. The van der Waals surface area contributed by atoms with E-state index in [0.29, 0.717) is 12.0 Å². The molecule has 0 fully saturated rings. The van der Waals surface area contributed by atoms with Crippen molar-refractivity contribution in [2.45, 2.75) is 68.7 Å². The van der Waals surface area contributed by atoms with Crippen molar-refractivity contribution in [3.63, 3.8) is 0 Å². The lowest BCUT2D eigenvalue weighted by Gasteiger charge is -2.29. The van der Waals surface area contributed by atoms with Gasteiger partial charge in [0.25, 0.3) is 0 Å². The molecule has 1 N–H and O–H groups in total. The Hall–Kier alpha value is -0.790. The van der Waals surface area contributed by atoms with Crippen LogP contribution < -0.4 is 0 Å². The van der Waals surface area contributed by atoms with Gasteiger partial charge in [-0.2, -0.15) is 0 Å². The minimum atomic E-state index is -0.459. The minimum Gasteiger partial charge on any atom is -0.511 e. The molecule has 18 heavy (non-hydrogen) atoms. The zero-order valence-electron chi connectivity index (χ0n) is 13.6. The molecule has 0 spiro atoms. The van der Waals surface area contributed by atoms with E-state index < -0.39 is 5.41 Å². The minimum absolute atomic E-state index is 0.0184. The molecule has 0 aliphatic carbocycles. The van der Waals surface area contributed by atoms with Gasteiger partial charge in [0.15, 0.2) is 5.78 Å². The number of carbonyl (C=O) groups excluding carboxylic acids is 1. The largest absolute Gasteiger partial charge is 0.511 e. The summed E-state index contributed by atoms with van der Waals surface area (Å²) in [4.78, 5) is 12.5. The molecule has 2 heteroatoms. The standard InChI is InChI=1S/C16H30O2/c1-14(2,3)10-11(12(17)15(4,5)6)13(18)16(7,8)9/h17H,10H2,1-9H3. The quantitative estimate of drug-likeness (QED) is 0.562. The van der Waals surface area contributed by atoms with E-state index in [-0.39, 0.29) is 22.4 Å². The second kappa shape index (κ2) is 5.07. The highest BCUT2D eigenvalue weighted by Crippen LogP contribution is 2.36. The average Bonchev–Trinajstić information content (AvgIpc) is 2.07. The van der Waals surface area contributed by atoms with Gasteiger partial charge in [0.1, 0.15) is 5.76 Å². The molecule has 0 heterocycles. The molecular formula is C16H30O2. The summed E-state index contributed by atoms with van der Waals surface area (Å²) in [5.74, 6) is 0.280. The van der Waals surface area contributed by atoms with Gasteiger partial charge in [-0.3, -0.25) is 4.79 Å². The lowest BCUT2D eigenvalue weighted by atomic mass is 9.76. The van der Waals surface area contributed by atoms with Crippen molar-refractivity contribution in [1.29, 1.82) is 0 Å². The van der Waals surface area contributed by atoms with Crippen molar-refractivity contribution in [2.75, 3.05) is 0 Å². The second-order valence-corrected chi connectivity index (χ2v) is 8.39. The summed E-state index contributed by atoms with van der Waals surface area (Å²) in [6, 6.07) is 0. The predicted octanol–water partition coefficient (Wildman–Crippen LogP) is 4.90. The van der Waals surface area contributed by atoms with Crippen LogP contribution in [0.25, 0.3) is 0 Å². The van der Waals surface area contributed by atoms with Gasteiger partial charge in [-0.05, 0) is 11.8 Å². The van der Waals surface area contributed by atoms with Gasteiger partial charge < -0.3 is 5.11 Å². The molecular weight excluding hydrogens is 224 g/mol. The van der Waals surface area contributed by atoms with Crippen LogP contribution in [-0.2, 0) is 4.79 Å². The molecule has 2 nitrogen and oxygen atoms in total. The van der Waals surface area contributed by atoms with Crippen LogP contribution in [0.2, 0.25) is 0 Å². The van der Waals surface area contributed by atoms with Crippen molar-refractivity contribution in [3.05, 3.63) is 11.3 Å². The van der Waals surface area contributed by atoms with E-state index in [2.05, 4.69) is 20.8 Å². The Bertz CT molecular complexity index is 341. The topological polar surface area (TPSA) is 37.3 Å². The SMILES string of the molecule is CC(C)(C)CC(C(=O)C(C)(C)C)=C(O)C(C)(C)C. The van der Waals surface area contributed by atoms with Crippen LogP contribution in [0.1, 0.15) is 68.7 Å². The zero-order valence-corrected chi connectivity index (χ0v) is 13.6. The first-order chi connectivity index (χ1) is 7.66. The molecule has 0 aliphatic rings. The molecule has 106 valence electrons. The van der Waals surface area contributed by atoms with Gasteiger partial charge in [0, 0.05) is 16.4 Å². The first-order valence-corrected chi connectivity index (χ1v) is 6.63. The van der Waals surface area contributed by atoms with Crippen LogP contribution in [0, 0.1) is 16.2 Å². The van der Waals surface area contributed by atoms with Crippen LogP contribution in [0.4, 0.5) is 0 Å². The number of allylic oxidation sites excluding steroid dienone is 2. The van der Waals surface area contributed by atoms with Gasteiger partial charge >= 0.3 is 0 Å². The Balaban J connectivity index is 5.69. The highest BCUT2D eigenvalue weighted by atomic mass is 16.3. The molecule has 0 rings (SSSR count). The fourth-order valence-electron chi connectivity index (χ4n) is 1.71. The monoisotopic (exact) mass is 254 g/mol. The van der Waals surface area contributed by atoms with Crippen molar-refractivity contribution in [1.82, 2.24) is 0 Å². The smallest absolute Gasteiger partial charge is 0.167 e. The Morgan fingerprint density at radius 3 is 1.44 bits per heavy atom. The summed E-state index contributed by atoms with van der Waals surface area (Å²) in [6.07, 6.45) is 0.603. The maximum absolute atomic E-state index is 12.5. The molecule has 0 bridgehead atoms.